The Morgan fingerprint density at radius 1 is 1.35 bits per heavy atom. The first-order chi connectivity index (χ1) is 9.70. The van der Waals surface area contributed by atoms with E-state index in [1.54, 1.807) is 11.8 Å². The summed E-state index contributed by atoms with van der Waals surface area (Å²) in [5.41, 5.74) is 0. The molecule has 0 aromatic carbocycles. The molecule has 2 rings (SSSR count). The Bertz CT molecular complexity index is 389. The van der Waals surface area contributed by atoms with Gasteiger partial charge in [0.1, 0.15) is 0 Å². The first-order valence-electron chi connectivity index (χ1n) is 7.88. The van der Waals surface area contributed by atoms with Gasteiger partial charge in [-0.2, -0.15) is 0 Å². The number of hydrogen-bond acceptors (Lipinski definition) is 5. The van der Waals surface area contributed by atoms with E-state index in [4.69, 9.17) is 0 Å². The van der Waals surface area contributed by atoms with Crippen LogP contribution in [0.4, 0.5) is 0 Å². The summed E-state index contributed by atoms with van der Waals surface area (Å²) < 4.78 is 2.05. The van der Waals surface area contributed by atoms with Crippen molar-refractivity contribution in [1.82, 2.24) is 25.5 Å². The maximum absolute atomic E-state index is 4.20. The van der Waals surface area contributed by atoms with E-state index in [9.17, 15) is 0 Å². The Morgan fingerprint density at radius 2 is 2.10 bits per heavy atom. The van der Waals surface area contributed by atoms with Crippen molar-refractivity contribution in [2.45, 2.75) is 81.8 Å². The number of hydrogen-bond donors (Lipinski definition) is 1. The fourth-order valence-electron chi connectivity index (χ4n) is 2.76. The quantitative estimate of drug-likeness (QED) is 0.747. The number of rotatable bonds is 8. The monoisotopic (exact) mass is 297 g/mol. The van der Waals surface area contributed by atoms with E-state index in [0.29, 0.717) is 17.3 Å². The molecule has 0 aliphatic heterocycles. The van der Waals surface area contributed by atoms with Crippen LogP contribution in [0.25, 0.3) is 0 Å². The number of tetrazole rings is 1. The highest BCUT2D eigenvalue weighted by molar-refractivity contribution is 7.99. The topological polar surface area (TPSA) is 55.6 Å². The van der Waals surface area contributed by atoms with Gasteiger partial charge >= 0.3 is 0 Å². The van der Waals surface area contributed by atoms with Crippen LogP contribution in [0.2, 0.25) is 0 Å². The molecule has 0 saturated heterocycles. The second-order valence-electron chi connectivity index (χ2n) is 5.87. The summed E-state index contributed by atoms with van der Waals surface area (Å²) in [6.07, 6.45) is 7.52. The Morgan fingerprint density at radius 3 is 2.80 bits per heavy atom. The molecule has 5 nitrogen and oxygen atoms in total. The molecule has 6 heteroatoms. The molecular formula is C14H27N5S. The van der Waals surface area contributed by atoms with Gasteiger partial charge in [0.15, 0.2) is 0 Å². The van der Waals surface area contributed by atoms with Crippen LogP contribution < -0.4 is 5.32 Å². The van der Waals surface area contributed by atoms with Crippen LogP contribution in [0.3, 0.4) is 0 Å². The number of nitrogens with zero attached hydrogens (tertiary/aromatic N) is 4. The number of aromatic nitrogens is 4. The predicted molar refractivity (Wildman–Crippen MR) is 83.0 cm³/mol. The lowest BCUT2D eigenvalue weighted by Gasteiger charge is -2.17. The Hall–Kier alpha value is -0.620. The van der Waals surface area contributed by atoms with Crippen molar-refractivity contribution in [3.8, 4) is 0 Å². The smallest absolute Gasteiger partial charge is 0.209 e. The molecule has 1 fully saturated rings. The Labute approximate surface area is 126 Å². The average Bonchev–Trinajstić information content (AvgIpc) is 3.07. The van der Waals surface area contributed by atoms with Crippen molar-refractivity contribution in [2.24, 2.45) is 0 Å². The van der Waals surface area contributed by atoms with Gasteiger partial charge in [0, 0.05) is 17.8 Å². The minimum absolute atomic E-state index is 0.487. The molecule has 1 heterocycles. The average molecular weight is 297 g/mol. The van der Waals surface area contributed by atoms with E-state index in [1.807, 2.05) is 4.68 Å². The zero-order valence-corrected chi connectivity index (χ0v) is 13.7. The summed E-state index contributed by atoms with van der Waals surface area (Å²) in [5.74, 6) is 0. The van der Waals surface area contributed by atoms with Crippen LogP contribution in [0, 0.1) is 0 Å². The van der Waals surface area contributed by atoms with E-state index in [1.165, 1.54) is 38.5 Å². The van der Waals surface area contributed by atoms with E-state index >= 15 is 0 Å². The summed E-state index contributed by atoms with van der Waals surface area (Å²) >= 11 is 1.79. The molecule has 1 N–H and O–H groups in total. The van der Waals surface area contributed by atoms with Crippen LogP contribution >= 0.6 is 11.8 Å². The lowest BCUT2D eigenvalue weighted by Crippen LogP contribution is -2.31. The first-order valence-corrected chi connectivity index (χ1v) is 8.76. The largest absolute Gasteiger partial charge is 0.313 e. The van der Waals surface area contributed by atoms with Gasteiger partial charge in [0.05, 0.1) is 6.04 Å². The van der Waals surface area contributed by atoms with Crippen LogP contribution in [-0.2, 0) is 0 Å². The van der Waals surface area contributed by atoms with Crippen molar-refractivity contribution in [2.75, 3.05) is 6.54 Å². The molecule has 1 aliphatic carbocycles. The van der Waals surface area contributed by atoms with E-state index < -0.39 is 0 Å². The van der Waals surface area contributed by atoms with Crippen molar-refractivity contribution in [3.05, 3.63) is 0 Å². The third-order valence-electron chi connectivity index (χ3n) is 3.92. The molecule has 20 heavy (non-hydrogen) atoms. The highest BCUT2D eigenvalue weighted by Crippen LogP contribution is 2.32. The zero-order chi connectivity index (χ0) is 14.4. The van der Waals surface area contributed by atoms with Gasteiger partial charge in [0.25, 0.3) is 0 Å². The Kier molecular flexibility index (Phi) is 6.29. The molecule has 114 valence electrons. The molecule has 0 radical (unpaired) electrons. The van der Waals surface area contributed by atoms with Crippen LogP contribution in [0.1, 0.15) is 65.3 Å². The third kappa shape index (κ3) is 4.45. The molecule has 1 aromatic rings. The highest BCUT2D eigenvalue weighted by atomic mass is 32.2. The fourth-order valence-corrected chi connectivity index (χ4v) is 3.68. The minimum atomic E-state index is 0.487. The fraction of sp³-hybridized carbons (Fsp3) is 0.929. The second-order valence-corrected chi connectivity index (χ2v) is 7.28. The van der Waals surface area contributed by atoms with Gasteiger partial charge in [-0.05, 0) is 36.6 Å². The van der Waals surface area contributed by atoms with Gasteiger partial charge in [-0.15, -0.1) is 5.10 Å². The number of nitrogens with one attached hydrogen (secondary N) is 1. The van der Waals surface area contributed by atoms with Gasteiger partial charge in [-0.3, -0.25) is 0 Å². The van der Waals surface area contributed by atoms with Crippen LogP contribution in [0.15, 0.2) is 5.16 Å². The maximum atomic E-state index is 4.20. The lowest BCUT2D eigenvalue weighted by atomic mass is 10.2. The molecule has 0 bridgehead atoms. The van der Waals surface area contributed by atoms with E-state index in [2.05, 4.69) is 41.6 Å². The summed E-state index contributed by atoms with van der Waals surface area (Å²) in [5, 5.41) is 17.3. The van der Waals surface area contributed by atoms with Gasteiger partial charge in [-0.1, -0.05) is 44.9 Å². The second kappa shape index (κ2) is 7.98. The summed E-state index contributed by atoms with van der Waals surface area (Å²) in [7, 11) is 0. The van der Waals surface area contributed by atoms with Crippen molar-refractivity contribution in [1.29, 1.82) is 0 Å². The summed E-state index contributed by atoms with van der Waals surface area (Å²) in [6, 6.07) is 1.11. The lowest BCUT2D eigenvalue weighted by molar-refractivity contribution is 0.422. The van der Waals surface area contributed by atoms with Gasteiger partial charge in [-0.25, -0.2) is 4.68 Å². The molecule has 1 aromatic heterocycles. The third-order valence-corrected chi connectivity index (χ3v) is 4.96. The summed E-state index contributed by atoms with van der Waals surface area (Å²) in [6.45, 7) is 7.73. The van der Waals surface area contributed by atoms with Crippen molar-refractivity contribution < 1.29 is 0 Å². The molecule has 2 unspecified atom stereocenters. The molecule has 1 aliphatic rings. The summed E-state index contributed by atoms with van der Waals surface area (Å²) in [4.78, 5) is 0. The van der Waals surface area contributed by atoms with Gasteiger partial charge in [0.2, 0.25) is 5.16 Å². The minimum Gasteiger partial charge on any atom is -0.313 e. The van der Waals surface area contributed by atoms with Crippen molar-refractivity contribution in [3.63, 3.8) is 0 Å². The van der Waals surface area contributed by atoms with Gasteiger partial charge < -0.3 is 5.32 Å². The maximum Gasteiger partial charge on any atom is 0.209 e. The van der Waals surface area contributed by atoms with Crippen molar-refractivity contribution >= 4 is 11.8 Å². The van der Waals surface area contributed by atoms with Crippen LogP contribution in [-0.4, -0.2) is 38.0 Å². The molecular weight excluding hydrogens is 270 g/mol. The highest BCUT2D eigenvalue weighted by Gasteiger charge is 2.22. The SMILES string of the molecule is CCCC(C)NCC(C)Sc1nnnn1C1CCCC1. The van der Waals surface area contributed by atoms with E-state index in [-0.39, 0.29) is 0 Å². The molecule has 0 spiro atoms. The predicted octanol–water partition coefficient (Wildman–Crippen LogP) is 3.05. The van der Waals surface area contributed by atoms with Crippen LogP contribution in [0.5, 0.6) is 0 Å². The zero-order valence-electron chi connectivity index (χ0n) is 12.9. The molecule has 1 saturated carbocycles. The van der Waals surface area contributed by atoms with E-state index in [0.717, 1.165) is 11.7 Å². The standard InChI is InChI=1S/C14H27N5S/c1-4-7-11(2)15-10-12(3)20-14-16-17-18-19(14)13-8-5-6-9-13/h11-13,15H,4-10H2,1-3H3. The first kappa shape index (κ1) is 15.8. The normalized spacial score (nSPS) is 19.4. The molecule has 2 atom stereocenters. The Balaban J connectivity index is 1.82. The molecule has 0 amide bonds. The number of thioether (sulfide) groups is 1.